The van der Waals surface area contributed by atoms with Crippen molar-refractivity contribution in [3.8, 4) is 22.3 Å². The zero-order valence-electron chi connectivity index (χ0n) is 28.7. The highest BCUT2D eigenvalue weighted by atomic mass is 15.1. The van der Waals surface area contributed by atoms with Gasteiger partial charge >= 0.3 is 0 Å². The fourth-order valence-corrected chi connectivity index (χ4v) is 8.73. The second kappa shape index (κ2) is 12.3. The average molecular weight is 662 g/mol. The lowest BCUT2D eigenvalue weighted by Gasteiger charge is -2.34. The minimum atomic E-state index is -0.487. The third-order valence-corrected chi connectivity index (χ3v) is 10.9. The minimum Gasteiger partial charge on any atom is -0.309 e. The normalized spacial score (nSPS) is 12.8. The largest absolute Gasteiger partial charge is 0.309 e. The molecule has 0 bridgehead atoms. The summed E-state index contributed by atoms with van der Waals surface area (Å²) < 4.78 is 0. The first-order valence-electron chi connectivity index (χ1n) is 18.0. The monoisotopic (exact) mass is 661 g/mol. The molecule has 0 aliphatic heterocycles. The third kappa shape index (κ3) is 4.56. The smallest absolute Gasteiger partial charge is 0.0714 e. The Hall–Kier alpha value is -6.70. The van der Waals surface area contributed by atoms with E-state index >= 15 is 0 Å². The van der Waals surface area contributed by atoms with Crippen LogP contribution in [-0.2, 0) is 5.41 Å². The average Bonchev–Trinajstić information content (AvgIpc) is 3.54. The number of fused-ring (bicyclic) bond motifs is 6. The summed E-state index contributed by atoms with van der Waals surface area (Å²) in [6.45, 7) is 0. The molecule has 0 aromatic heterocycles. The molecule has 1 nitrogen and oxygen atoms in total. The Balaban J connectivity index is 1.31. The van der Waals surface area contributed by atoms with E-state index in [9.17, 15) is 0 Å². The molecule has 0 heterocycles. The molecule has 0 saturated heterocycles. The van der Waals surface area contributed by atoms with Gasteiger partial charge in [-0.2, -0.15) is 0 Å². The molecule has 0 unspecified atom stereocenters. The third-order valence-electron chi connectivity index (χ3n) is 10.9. The highest BCUT2D eigenvalue weighted by Crippen LogP contribution is 2.59. The lowest BCUT2D eigenvalue weighted by Crippen LogP contribution is -2.28. The van der Waals surface area contributed by atoms with Crippen molar-refractivity contribution in [3.63, 3.8) is 0 Å². The molecule has 0 N–H and O–H groups in total. The number of anilines is 3. The van der Waals surface area contributed by atoms with E-state index in [4.69, 9.17) is 0 Å². The summed E-state index contributed by atoms with van der Waals surface area (Å²) in [5.74, 6) is 0. The van der Waals surface area contributed by atoms with Crippen LogP contribution in [0, 0.1) is 0 Å². The van der Waals surface area contributed by atoms with Crippen molar-refractivity contribution < 1.29 is 0 Å². The zero-order chi connectivity index (χ0) is 34.5. The van der Waals surface area contributed by atoms with Crippen LogP contribution in [0.3, 0.4) is 0 Å². The van der Waals surface area contributed by atoms with E-state index in [1.54, 1.807) is 0 Å². The van der Waals surface area contributed by atoms with Gasteiger partial charge in [-0.3, -0.25) is 0 Å². The van der Waals surface area contributed by atoms with Crippen molar-refractivity contribution in [2.24, 2.45) is 0 Å². The molecule has 0 amide bonds. The van der Waals surface area contributed by atoms with Gasteiger partial charge in [0.25, 0.3) is 0 Å². The molecule has 1 aliphatic carbocycles. The van der Waals surface area contributed by atoms with E-state index in [1.807, 2.05) is 0 Å². The molecule has 1 heteroatoms. The van der Waals surface area contributed by atoms with Crippen molar-refractivity contribution in [1.29, 1.82) is 0 Å². The molecule has 0 radical (unpaired) electrons. The molecule has 0 spiro atoms. The van der Waals surface area contributed by atoms with Gasteiger partial charge in [0.05, 0.1) is 16.8 Å². The van der Waals surface area contributed by atoms with Crippen LogP contribution in [0.1, 0.15) is 22.3 Å². The fourth-order valence-electron chi connectivity index (χ4n) is 8.73. The van der Waals surface area contributed by atoms with E-state index in [1.165, 1.54) is 66.1 Å². The molecule has 52 heavy (non-hydrogen) atoms. The van der Waals surface area contributed by atoms with Crippen LogP contribution < -0.4 is 4.90 Å². The van der Waals surface area contributed by atoms with Gasteiger partial charge in [0.15, 0.2) is 0 Å². The van der Waals surface area contributed by atoms with Crippen LogP contribution >= 0.6 is 0 Å². The topological polar surface area (TPSA) is 3.24 Å². The standard InChI is InChI=1S/C51H35N/c1-4-16-36(17-5-1)37-32-34-42(35-33-37)52(47-28-14-19-39-31-30-38-18-10-11-24-43(38)49(39)47)48-29-15-27-46-50(48)44-25-12-13-26-45(44)51(46,40-20-6-2-7-21-40)41-22-8-3-9-23-41/h1-35H. The van der Waals surface area contributed by atoms with Crippen molar-refractivity contribution >= 4 is 38.6 Å². The van der Waals surface area contributed by atoms with Crippen LogP contribution in [0.4, 0.5) is 17.1 Å². The van der Waals surface area contributed by atoms with Crippen molar-refractivity contribution in [2.45, 2.75) is 5.41 Å². The molecule has 244 valence electrons. The summed E-state index contributed by atoms with van der Waals surface area (Å²) in [6, 6.07) is 77.8. The molecule has 0 fully saturated rings. The first kappa shape index (κ1) is 30.2. The number of hydrogen-bond acceptors (Lipinski definition) is 1. The Bertz CT molecular complexity index is 2670. The van der Waals surface area contributed by atoms with Crippen LogP contribution in [0.5, 0.6) is 0 Å². The predicted octanol–water partition coefficient (Wildman–Crippen LogP) is 13.5. The van der Waals surface area contributed by atoms with E-state index in [-0.39, 0.29) is 0 Å². The number of benzene rings is 9. The maximum Gasteiger partial charge on any atom is 0.0714 e. The molecule has 0 atom stereocenters. The molecule has 0 saturated carbocycles. The van der Waals surface area contributed by atoms with E-state index < -0.39 is 5.41 Å². The van der Waals surface area contributed by atoms with Gasteiger partial charge in [0, 0.05) is 16.6 Å². The van der Waals surface area contributed by atoms with Gasteiger partial charge in [-0.25, -0.2) is 0 Å². The number of nitrogens with zero attached hydrogens (tertiary/aromatic N) is 1. The van der Waals surface area contributed by atoms with Gasteiger partial charge in [-0.15, -0.1) is 0 Å². The lowest BCUT2D eigenvalue weighted by atomic mass is 9.68. The summed E-state index contributed by atoms with van der Waals surface area (Å²) in [6.07, 6.45) is 0. The Morgan fingerprint density at radius 3 is 1.63 bits per heavy atom. The second-order valence-corrected chi connectivity index (χ2v) is 13.6. The van der Waals surface area contributed by atoms with E-state index in [0.29, 0.717) is 0 Å². The maximum absolute atomic E-state index is 2.51. The summed E-state index contributed by atoms with van der Waals surface area (Å²) >= 11 is 0. The zero-order valence-corrected chi connectivity index (χ0v) is 28.7. The molecule has 9 aromatic carbocycles. The first-order chi connectivity index (χ1) is 25.8. The maximum atomic E-state index is 2.51. The molecular weight excluding hydrogens is 627 g/mol. The Morgan fingerprint density at radius 1 is 0.346 bits per heavy atom. The molecular formula is C51H35N. The number of hydrogen-bond donors (Lipinski definition) is 0. The van der Waals surface area contributed by atoms with Gasteiger partial charge in [0.1, 0.15) is 0 Å². The summed E-state index contributed by atoms with van der Waals surface area (Å²) in [7, 11) is 0. The number of rotatable bonds is 6. The predicted molar refractivity (Wildman–Crippen MR) is 219 cm³/mol. The van der Waals surface area contributed by atoms with Gasteiger partial charge < -0.3 is 4.90 Å². The Kier molecular flexibility index (Phi) is 7.11. The minimum absolute atomic E-state index is 0.487. The van der Waals surface area contributed by atoms with Gasteiger partial charge in [-0.05, 0) is 79.4 Å². The molecule has 1 aliphatic rings. The van der Waals surface area contributed by atoms with Crippen molar-refractivity contribution in [1.82, 2.24) is 0 Å². The fraction of sp³-hybridized carbons (Fsp3) is 0.0196. The van der Waals surface area contributed by atoms with Crippen LogP contribution in [0.15, 0.2) is 212 Å². The van der Waals surface area contributed by atoms with Gasteiger partial charge in [0.2, 0.25) is 0 Å². The van der Waals surface area contributed by atoms with Crippen LogP contribution in [0.25, 0.3) is 43.8 Å². The summed E-state index contributed by atoms with van der Waals surface area (Å²) in [4.78, 5) is 2.51. The SMILES string of the molecule is c1ccc(-c2ccc(N(c3cccc4c3-c3ccccc3C4(c3ccccc3)c3ccccc3)c3cccc4ccc5ccccc5c34)cc2)cc1. The summed E-state index contributed by atoms with van der Waals surface area (Å²) in [5.41, 5.74) is 13.0. The van der Waals surface area contributed by atoms with Gasteiger partial charge in [-0.1, -0.05) is 188 Å². The van der Waals surface area contributed by atoms with Crippen LogP contribution in [0.2, 0.25) is 0 Å². The second-order valence-electron chi connectivity index (χ2n) is 13.6. The van der Waals surface area contributed by atoms with Crippen molar-refractivity contribution in [3.05, 3.63) is 235 Å². The lowest BCUT2D eigenvalue weighted by molar-refractivity contribution is 0.768. The van der Waals surface area contributed by atoms with Crippen molar-refractivity contribution in [2.75, 3.05) is 4.90 Å². The quantitative estimate of drug-likeness (QED) is 0.160. The molecule has 9 aromatic rings. The van der Waals surface area contributed by atoms with E-state index in [2.05, 4.69) is 217 Å². The first-order valence-corrected chi connectivity index (χ1v) is 18.0. The molecule has 10 rings (SSSR count). The Labute approximate surface area is 304 Å². The summed E-state index contributed by atoms with van der Waals surface area (Å²) in [5, 5.41) is 4.95. The van der Waals surface area contributed by atoms with E-state index in [0.717, 1.165) is 17.1 Å². The van der Waals surface area contributed by atoms with Crippen LogP contribution in [-0.4, -0.2) is 0 Å². The highest BCUT2D eigenvalue weighted by molar-refractivity contribution is 6.16. The Morgan fingerprint density at radius 2 is 0.885 bits per heavy atom. The highest BCUT2D eigenvalue weighted by Gasteiger charge is 2.47.